The van der Waals surface area contributed by atoms with E-state index in [9.17, 15) is 9.79 Å². The van der Waals surface area contributed by atoms with Gasteiger partial charge in [-0.1, -0.05) is 271 Å². The summed E-state index contributed by atoms with van der Waals surface area (Å²) in [5.74, 6) is 0. The summed E-state index contributed by atoms with van der Waals surface area (Å²) in [6, 6.07) is 35.1. The average molecular weight is 1140 g/mol. The van der Waals surface area contributed by atoms with Crippen LogP contribution in [0.3, 0.4) is 0 Å². The average Bonchev–Trinajstić information content (AvgIpc) is 3.31. The summed E-state index contributed by atoms with van der Waals surface area (Å²) < 4.78 is 0. The van der Waals surface area contributed by atoms with Gasteiger partial charge >= 0.3 is 58.4 Å². The van der Waals surface area contributed by atoms with Crippen molar-refractivity contribution < 1.29 is 68.2 Å². The first kappa shape index (κ1) is 75.0. The topological polar surface area (TPSA) is 46.1 Å². The second-order valence-corrected chi connectivity index (χ2v) is 23.0. The molecule has 8 heteroatoms. The molecule has 2 nitrogen and oxygen atoms in total. The van der Waals surface area contributed by atoms with E-state index in [0.717, 1.165) is 0 Å². The van der Waals surface area contributed by atoms with Gasteiger partial charge in [0.2, 0.25) is 0 Å². The Morgan fingerprint density at radius 2 is 0.500 bits per heavy atom. The molecule has 0 aliphatic heterocycles. The van der Waals surface area contributed by atoms with Crippen molar-refractivity contribution in [2.24, 2.45) is 0 Å². The molecule has 3 rings (SSSR count). The van der Waals surface area contributed by atoms with Crippen LogP contribution in [0.4, 0.5) is 0 Å². The van der Waals surface area contributed by atoms with Gasteiger partial charge in [-0.25, -0.2) is 0 Å². The molecule has 0 amide bonds. The number of hydrogen-bond acceptors (Lipinski definition) is 4. The van der Waals surface area contributed by atoms with Crippen molar-refractivity contribution in [3.05, 3.63) is 108 Å². The Balaban J connectivity index is -0.000000420. The fourth-order valence-corrected chi connectivity index (χ4v) is 8.23. The molecule has 0 saturated heterocycles. The molecular weight excluding hydrogens is 1040 g/mol. The Bertz CT molecular complexity index is 1210. The van der Waals surface area contributed by atoms with Crippen LogP contribution in [-0.2, 0) is 102 Å². The molecule has 0 aliphatic carbocycles. The smallest absolute Gasteiger partial charge is 0.850 e. The quantitative estimate of drug-likeness (QED) is 0.0188. The van der Waals surface area contributed by atoms with Crippen molar-refractivity contribution >= 4 is 29.7 Å². The zero-order valence-corrected chi connectivity index (χ0v) is 56.1. The first-order chi connectivity index (χ1) is 31.8. The molecule has 0 saturated carbocycles. The van der Waals surface area contributed by atoms with Crippen molar-refractivity contribution in [2.45, 2.75) is 271 Å². The van der Waals surface area contributed by atoms with E-state index in [1.165, 1.54) is 267 Å². The maximum atomic E-state index is 9.29. The molecule has 68 heavy (non-hydrogen) atoms. The molecule has 0 fully saturated rings. The number of unbranched alkanes of at least 4 members (excludes halogenated alkanes) is 33. The fraction of sp³-hybridized carbons (Fsp3) is 0.700. The second kappa shape index (κ2) is 61.7. The number of hydrogen-bond donors (Lipinski definition) is 0. The van der Waals surface area contributed by atoms with Crippen LogP contribution in [0.25, 0.3) is 0 Å². The first-order valence-corrected chi connectivity index (χ1v) is 31.0. The third-order valence-corrected chi connectivity index (χ3v) is 12.2. The van der Waals surface area contributed by atoms with E-state index in [2.05, 4.69) is 99.4 Å². The van der Waals surface area contributed by atoms with E-state index in [4.69, 9.17) is 0 Å². The molecule has 0 heterocycles. The number of benzene rings is 3. The third kappa shape index (κ3) is 64.5. The van der Waals surface area contributed by atoms with E-state index in [1.807, 2.05) is 36.4 Å². The van der Waals surface area contributed by atoms with E-state index in [0.29, 0.717) is 0 Å². The molecule has 0 bridgehead atoms. The van der Waals surface area contributed by atoms with Crippen molar-refractivity contribution in [3.63, 3.8) is 0 Å². The van der Waals surface area contributed by atoms with E-state index in [1.54, 1.807) is 0 Å². The molecule has 0 radical (unpaired) electrons. The van der Waals surface area contributed by atoms with E-state index >= 15 is 0 Å². The van der Waals surface area contributed by atoms with Gasteiger partial charge in [0.05, 0.1) is 0 Å². The van der Waals surface area contributed by atoms with Gasteiger partial charge in [-0.05, 0) is 0 Å². The second-order valence-electron chi connectivity index (χ2n) is 18.5. The minimum absolute atomic E-state index is 0. The van der Waals surface area contributed by atoms with Crippen LogP contribution in [0.5, 0.6) is 0 Å². The molecule has 0 atom stereocenters. The molecule has 0 spiro atoms. The standard InChI is InChI=1S/3C20H33.H3O2PS2.3Zn/c3*1-2-3-4-5-6-7-8-9-10-11-12-14-17-20-18-15-13-16-19-20;1-3(2,4)5;;;/h3*13,15-16,18H,2-12,14,17H2,1H3;(H3,1,2,4,5);;;/q3*-1;;3*+2/p-3. The van der Waals surface area contributed by atoms with Gasteiger partial charge < -0.3 is 27.7 Å². The van der Waals surface area contributed by atoms with Gasteiger partial charge in [-0.15, -0.1) is 0 Å². The van der Waals surface area contributed by atoms with Crippen molar-refractivity contribution in [1.29, 1.82) is 0 Å². The SMILES string of the molecule is CCCCCCCCCCCCCCc1[c-]cccc1.CCCCCCCCCCCCCCc1[c-]cccc1.CCCCCCCCCCCCCCc1[c-]cccc1.[O-]P([O-])(=S)[S-].[Zn+2].[Zn+2].[Zn+2]. The normalized spacial score (nSPS) is 10.4. The van der Waals surface area contributed by atoms with Crippen LogP contribution in [0, 0.1) is 18.2 Å². The predicted molar refractivity (Wildman–Crippen MR) is 292 cm³/mol. The molecule has 0 unspecified atom stereocenters. The third-order valence-electron chi connectivity index (χ3n) is 12.2. The minimum atomic E-state index is -3.72. The number of rotatable bonds is 39. The van der Waals surface area contributed by atoms with Crippen LogP contribution < -0.4 is 9.79 Å². The Hall–Kier alpha value is 0.450. The maximum Gasteiger partial charge on any atom is 2.00 e. The summed E-state index contributed by atoms with van der Waals surface area (Å²) in [5, 5.41) is 0. The van der Waals surface area contributed by atoms with Gasteiger partial charge in [0.25, 0.3) is 0 Å². The fourth-order valence-electron chi connectivity index (χ4n) is 8.23. The monoisotopic (exact) mass is 1140 g/mol. The summed E-state index contributed by atoms with van der Waals surface area (Å²) in [6.07, 6.45) is 54.9. The molecule has 0 aliphatic rings. The minimum Gasteiger partial charge on any atom is -0.850 e. The molecule has 0 N–H and O–H groups in total. The summed E-state index contributed by atoms with van der Waals surface area (Å²) in [4.78, 5) is 18.6. The summed E-state index contributed by atoms with van der Waals surface area (Å²) in [6.45, 7) is 6.86. The van der Waals surface area contributed by atoms with Crippen LogP contribution >= 0.6 is 5.69 Å². The van der Waals surface area contributed by atoms with Gasteiger partial charge in [0.1, 0.15) is 0 Å². The van der Waals surface area contributed by atoms with E-state index < -0.39 is 5.69 Å². The molecule has 0 aromatic heterocycles. The van der Waals surface area contributed by atoms with Gasteiger partial charge in [-0.2, -0.15) is 119 Å². The van der Waals surface area contributed by atoms with Gasteiger partial charge in [-0.3, -0.25) is 0 Å². The van der Waals surface area contributed by atoms with Crippen molar-refractivity contribution in [3.8, 4) is 0 Å². The Morgan fingerprint density at radius 1 is 0.338 bits per heavy atom. The molecule has 374 valence electrons. The number of aryl methyl sites for hydroxylation is 3. The van der Waals surface area contributed by atoms with Gasteiger partial charge in [0.15, 0.2) is 0 Å². The van der Waals surface area contributed by atoms with Crippen LogP contribution in [-0.4, -0.2) is 0 Å². The van der Waals surface area contributed by atoms with Crippen molar-refractivity contribution in [2.75, 3.05) is 0 Å². The maximum absolute atomic E-state index is 9.29. The first-order valence-electron chi connectivity index (χ1n) is 27.4. The van der Waals surface area contributed by atoms with Crippen LogP contribution in [0.1, 0.15) is 269 Å². The largest absolute Gasteiger partial charge is 2.00 e. The molecular formula is C60H99O2PS2Zn3. The molecule has 3 aromatic carbocycles. The van der Waals surface area contributed by atoms with Crippen LogP contribution in [0.15, 0.2) is 72.8 Å². The summed E-state index contributed by atoms with van der Waals surface area (Å²) in [5.41, 5.74) is 0.402. The zero-order chi connectivity index (χ0) is 47.4. The predicted octanol–water partition coefficient (Wildman–Crippen LogP) is 18.7. The Kier molecular flexibility index (Phi) is 68.1. The zero-order valence-electron chi connectivity index (χ0n) is 44.7. The van der Waals surface area contributed by atoms with Crippen molar-refractivity contribution in [1.82, 2.24) is 0 Å². The molecule has 3 aromatic rings. The Labute approximate surface area is 472 Å². The summed E-state index contributed by atoms with van der Waals surface area (Å²) in [7, 11) is 0. The van der Waals surface area contributed by atoms with Crippen LogP contribution in [0.2, 0.25) is 0 Å². The Morgan fingerprint density at radius 3 is 0.647 bits per heavy atom. The van der Waals surface area contributed by atoms with E-state index in [-0.39, 0.29) is 58.4 Å². The van der Waals surface area contributed by atoms with Gasteiger partial charge in [0, 0.05) is 0 Å². The summed E-state index contributed by atoms with van der Waals surface area (Å²) >= 11 is 7.28.